The minimum Gasteiger partial charge on any atom is -0.330 e. The fourth-order valence-electron chi connectivity index (χ4n) is 2.33. The van der Waals surface area contributed by atoms with Crippen molar-refractivity contribution >= 4 is 16.7 Å². The van der Waals surface area contributed by atoms with Crippen molar-refractivity contribution in [1.29, 1.82) is 0 Å². The average Bonchev–Trinajstić information content (AvgIpc) is 2.46. The maximum atomic E-state index is 12.1. The van der Waals surface area contributed by atoms with Crippen molar-refractivity contribution in [3.63, 3.8) is 0 Å². The second-order valence-electron chi connectivity index (χ2n) is 5.24. The molecule has 2 aromatic rings. The highest BCUT2D eigenvalue weighted by Crippen LogP contribution is 2.17. The van der Waals surface area contributed by atoms with E-state index in [1.54, 1.807) is 0 Å². The zero-order valence-electron chi connectivity index (χ0n) is 12.1. The fourth-order valence-corrected chi connectivity index (χ4v) is 2.33. The molecule has 1 aromatic heterocycles. The Kier molecular flexibility index (Phi) is 5.24. The van der Waals surface area contributed by atoms with Gasteiger partial charge < -0.3 is 5.73 Å². The molecule has 106 valence electrons. The Morgan fingerprint density at radius 3 is 2.70 bits per heavy atom. The maximum absolute atomic E-state index is 12.1. The molecule has 0 fully saturated rings. The van der Waals surface area contributed by atoms with Gasteiger partial charge >= 0.3 is 0 Å². The number of Topliss-reactive ketones (excluding diaryl/α,β-unsaturated/α-hetero) is 1. The monoisotopic (exact) mass is 270 g/mol. The molecule has 20 heavy (non-hydrogen) atoms. The van der Waals surface area contributed by atoms with Crippen LogP contribution in [-0.4, -0.2) is 17.3 Å². The molecule has 0 atom stereocenters. The zero-order chi connectivity index (χ0) is 14.4. The Labute approximate surface area is 120 Å². The number of carbonyl (C=O) groups is 1. The number of nitrogens with two attached hydrogens (primary N) is 1. The third-order valence-corrected chi connectivity index (χ3v) is 3.51. The Morgan fingerprint density at radius 2 is 1.90 bits per heavy atom. The normalized spacial score (nSPS) is 10.9. The second kappa shape index (κ2) is 7.15. The number of aromatic nitrogens is 1. The molecule has 3 nitrogen and oxygen atoms in total. The van der Waals surface area contributed by atoms with Crippen molar-refractivity contribution in [2.75, 3.05) is 6.54 Å². The van der Waals surface area contributed by atoms with Gasteiger partial charge in [-0.3, -0.25) is 9.78 Å². The second-order valence-corrected chi connectivity index (χ2v) is 5.24. The van der Waals surface area contributed by atoms with E-state index in [1.165, 1.54) is 0 Å². The minimum absolute atomic E-state index is 0.222. The van der Waals surface area contributed by atoms with Crippen molar-refractivity contribution < 1.29 is 4.79 Å². The SMILES string of the molecule is Cc1ccc2cc(C(=O)CCCCCCN)ccc2n1. The van der Waals surface area contributed by atoms with Crippen molar-refractivity contribution in [3.05, 3.63) is 41.6 Å². The molecule has 2 N–H and O–H groups in total. The molecule has 0 radical (unpaired) electrons. The molecule has 0 saturated carbocycles. The van der Waals surface area contributed by atoms with Gasteiger partial charge in [0.05, 0.1) is 5.52 Å². The number of nitrogens with zero attached hydrogens (tertiary/aromatic N) is 1. The van der Waals surface area contributed by atoms with Gasteiger partial charge in [0.1, 0.15) is 0 Å². The van der Waals surface area contributed by atoms with E-state index < -0.39 is 0 Å². The summed E-state index contributed by atoms with van der Waals surface area (Å²) in [6, 6.07) is 9.77. The van der Waals surface area contributed by atoms with Crippen LogP contribution < -0.4 is 5.73 Å². The van der Waals surface area contributed by atoms with Gasteiger partial charge in [-0.1, -0.05) is 18.9 Å². The molecule has 2 rings (SSSR count). The van der Waals surface area contributed by atoms with Crippen LogP contribution in [0.25, 0.3) is 10.9 Å². The van der Waals surface area contributed by atoms with E-state index in [9.17, 15) is 4.79 Å². The molecule has 0 aliphatic carbocycles. The van der Waals surface area contributed by atoms with Gasteiger partial charge in [-0.05, 0) is 50.6 Å². The molecule has 1 heterocycles. The van der Waals surface area contributed by atoms with Crippen LogP contribution in [0.2, 0.25) is 0 Å². The number of aryl methyl sites for hydroxylation is 1. The molecule has 3 heteroatoms. The number of fused-ring (bicyclic) bond motifs is 1. The fraction of sp³-hybridized carbons (Fsp3) is 0.412. The minimum atomic E-state index is 0.222. The van der Waals surface area contributed by atoms with Crippen LogP contribution in [0.4, 0.5) is 0 Å². The summed E-state index contributed by atoms with van der Waals surface area (Å²) in [5.74, 6) is 0.222. The lowest BCUT2D eigenvalue weighted by Gasteiger charge is -2.04. The van der Waals surface area contributed by atoms with Crippen molar-refractivity contribution in [3.8, 4) is 0 Å². The van der Waals surface area contributed by atoms with Crippen LogP contribution in [0.3, 0.4) is 0 Å². The molecule has 0 aliphatic heterocycles. The number of unbranched alkanes of at least 4 members (excludes halogenated alkanes) is 3. The Balaban J connectivity index is 1.98. The lowest BCUT2D eigenvalue weighted by molar-refractivity contribution is 0.0979. The molecule has 0 bridgehead atoms. The molecule has 0 aliphatic rings. The molecular weight excluding hydrogens is 248 g/mol. The third-order valence-electron chi connectivity index (χ3n) is 3.51. The van der Waals surface area contributed by atoms with Crippen LogP contribution in [0, 0.1) is 6.92 Å². The van der Waals surface area contributed by atoms with Crippen LogP contribution in [0.15, 0.2) is 30.3 Å². The van der Waals surface area contributed by atoms with Gasteiger partial charge in [0.15, 0.2) is 5.78 Å². The topological polar surface area (TPSA) is 56.0 Å². The summed E-state index contributed by atoms with van der Waals surface area (Å²) in [6.45, 7) is 2.71. The highest BCUT2D eigenvalue weighted by Gasteiger charge is 2.07. The van der Waals surface area contributed by atoms with Crippen LogP contribution in [0.1, 0.15) is 48.2 Å². The number of hydrogen-bond acceptors (Lipinski definition) is 3. The van der Waals surface area contributed by atoms with Gasteiger partial charge in [0.2, 0.25) is 0 Å². The number of ketones is 1. The highest BCUT2D eigenvalue weighted by molar-refractivity contribution is 5.99. The number of rotatable bonds is 7. The van der Waals surface area contributed by atoms with E-state index in [1.807, 2.05) is 37.3 Å². The highest BCUT2D eigenvalue weighted by atomic mass is 16.1. The first-order chi connectivity index (χ1) is 9.70. The van der Waals surface area contributed by atoms with Crippen molar-refractivity contribution in [2.45, 2.75) is 39.0 Å². The molecule has 0 amide bonds. The average molecular weight is 270 g/mol. The predicted octanol–water partition coefficient (Wildman–Crippen LogP) is 3.64. The van der Waals surface area contributed by atoms with Gasteiger partial charge in [-0.15, -0.1) is 0 Å². The Hall–Kier alpha value is -1.74. The molecule has 0 spiro atoms. The summed E-state index contributed by atoms with van der Waals surface area (Å²) in [5, 5.41) is 1.03. The smallest absolute Gasteiger partial charge is 0.162 e. The lowest BCUT2D eigenvalue weighted by Crippen LogP contribution is -2.00. The summed E-state index contributed by atoms with van der Waals surface area (Å²) in [4.78, 5) is 16.6. The zero-order valence-corrected chi connectivity index (χ0v) is 12.1. The van der Waals surface area contributed by atoms with Crippen molar-refractivity contribution in [2.24, 2.45) is 5.73 Å². The van der Waals surface area contributed by atoms with Gasteiger partial charge in [-0.25, -0.2) is 0 Å². The van der Waals surface area contributed by atoms with Crippen LogP contribution >= 0.6 is 0 Å². The Bertz CT molecular complexity index is 593. The summed E-state index contributed by atoms with van der Waals surface area (Å²) in [5.41, 5.74) is 8.19. The number of hydrogen-bond donors (Lipinski definition) is 1. The first-order valence-electron chi connectivity index (χ1n) is 7.31. The van der Waals surface area contributed by atoms with Gasteiger partial charge in [0.25, 0.3) is 0 Å². The largest absolute Gasteiger partial charge is 0.330 e. The first kappa shape index (κ1) is 14.7. The number of pyridine rings is 1. The predicted molar refractivity (Wildman–Crippen MR) is 82.9 cm³/mol. The summed E-state index contributed by atoms with van der Waals surface area (Å²) in [7, 11) is 0. The third kappa shape index (κ3) is 3.87. The van der Waals surface area contributed by atoms with Gasteiger partial charge in [0, 0.05) is 23.1 Å². The quantitative estimate of drug-likeness (QED) is 0.617. The van der Waals surface area contributed by atoms with Crippen LogP contribution in [0.5, 0.6) is 0 Å². The Morgan fingerprint density at radius 1 is 1.10 bits per heavy atom. The summed E-state index contributed by atoms with van der Waals surface area (Å²) < 4.78 is 0. The number of carbonyl (C=O) groups excluding carboxylic acids is 1. The molecular formula is C17H22N2O. The molecule has 0 unspecified atom stereocenters. The number of benzene rings is 1. The summed E-state index contributed by atoms with van der Waals surface area (Å²) >= 11 is 0. The van der Waals surface area contributed by atoms with E-state index in [4.69, 9.17) is 5.73 Å². The summed E-state index contributed by atoms with van der Waals surface area (Å²) in [6.07, 6.45) is 4.82. The van der Waals surface area contributed by atoms with Crippen LogP contribution in [-0.2, 0) is 0 Å². The molecule has 0 saturated heterocycles. The maximum Gasteiger partial charge on any atom is 0.162 e. The molecule has 1 aromatic carbocycles. The van der Waals surface area contributed by atoms with E-state index in [0.717, 1.165) is 54.4 Å². The standard InChI is InChI=1S/C17H22N2O/c1-13-7-8-14-12-15(9-10-16(14)19-13)17(20)6-4-2-3-5-11-18/h7-10,12H,2-6,11,18H2,1H3. The van der Waals surface area contributed by atoms with E-state index in [2.05, 4.69) is 4.98 Å². The van der Waals surface area contributed by atoms with Crippen molar-refractivity contribution in [1.82, 2.24) is 4.98 Å². The van der Waals surface area contributed by atoms with E-state index in [0.29, 0.717) is 6.42 Å². The lowest BCUT2D eigenvalue weighted by atomic mass is 10.0. The van der Waals surface area contributed by atoms with Gasteiger partial charge in [-0.2, -0.15) is 0 Å². The first-order valence-corrected chi connectivity index (χ1v) is 7.31. The van der Waals surface area contributed by atoms with E-state index >= 15 is 0 Å². The van der Waals surface area contributed by atoms with E-state index in [-0.39, 0.29) is 5.78 Å².